The zero-order valence-corrected chi connectivity index (χ0v) is 19.0. The fourth-order valence-corrected chi connectivity index (χ4v) is 7.13. The van der Waals surface area contributed by atoms with Crippen molar-refractivity contribution in [1.29, 1.82) is 0 Å². The van der Waals surface area contributed by atoms with E-state index in [1.54, 1.807) is 12.3 Å². The molecule has 3 heterocycles. The van der Waals surface area contributed by atoms with Crippen LogP contribution >= 0.6 is 0 Å². The van der Waals surface area contributed by atoms with E-state index in [4.69, 9.17) is 10.5 Å². The number of rotatable bonds is 6. The van der Waals surface area contributed by atoms with Crippen LogP contribution in [-0.2, 0) is 33.0 Å². The van der Waals surface area contributed by atoms with Gasteiger partial charge in [0, 0.05) is 25.3 Å². The minimum atomic E-state index is -4.47. The van der Waals surface area contributed by atoms with Gasteiger partial charge in [-0.15, -0.1) is 0 Å². The van der Waals surface area contributed by atoms with Crippen LogP contribution in [0.15, 0.2) is 40.3 Å². The van der Waals surface area contributed by atoms with Crippen molar-refractivity contribution < 1.29 is 28.0 Å². The first-order chi connectivity index (χ1) is 15.1. The number of pyridine rings is 1. The van der Waals surface area contributed by atoms with Gasteiger partial charge in [-0.25, -0.2) is 32.1 Å². The van der Waals surface area contributed by atoms with Crippen LogP contribution in [0.5, 0.6) is 0 Å². The number of benzene rings is 1. The van der Waals surface area contributed by atoms with E-state index in [0.717, 1.165) is 11.3 Å². The molecule has 13 heteroatoms. The molecule has 0 amide bonds. The number of sulfonamides is 2. The normalized spacial score (nSPS) is 19.1. The maximum absolute atomic E-state index is 13.1. The predicted octanol–water partition coefficient (Wildman–Crippen LogP) is -3.32. The second kappa shape index (κ2) is 8.50. The van der Waals surface area contributed by atoms with Gasteiger partial charge in [0.25, 0.3) is 0 Å². The van der Waals surface area contributed by atoms with Crippen LogP contribution in [0.4, 0.5) is 5.69 Å². The lowest BCUT2D eigenvalue weighted by molar-refractivity contribution is -0.298. The number of aromatic nitrogens is 1. The Morgan fingerprint density at radius 2 is 2.06 bits per heavy atom. The molecule has 9 N–H and O–H groups in total. The number of anilines is 1. The highest BCUT2D eigenvalue weighted by Gasteiger charge is 2.36. The van der Waals surface area contributed by atoms with Gasteiger partial charge in [-0.2, -0.15) is 0 Å². The van der Waals surface area contributed by atoms with Gasteiger partial charge < -0.3 is 10.2 Å². The first kappa shape index (κ1) is 22.8. The molecular weight excluding hydrogens is 454 g/mol. The Bertz CT molecular complexity index is 1270. The molecule has 1 atom stereocenters. The Hall–Kier alpha value is -2.42. The molecule has 2 aliphatic heterocycles. The molecule has 1 saturated heterocycles. The summed E-state index contributed by atoms with van der Waals surface area (Å²) in [7, 11) is -8.65. The highest BCUT2D eigenvalue weighted by atomic mass is 32.2. The van der Waals surface area contributed by atoms with E-state index in [9.17, 15) is 16.8 Å². The van der Waals surface area contributed by atoms with Gasteiger partial charge in [0.05, 0.1) is 17.9 Å². The molecule has 0 radical (unpaired) electrons. The van der Waals surface area contributed by atoms with Crippen LogP contribution in [0.3, 0.4) is 0 Å². The summed E-state index contributed by atoms with van der Waals surface area (Å²) in [5, 5.41) is 14.6. The summed E-state index contributed by atoms with van der Waals surface area (Å²) < 4.78 is 54.1. The number of quaternary nitrogens is 1. The molecule has 1 unspecified atom stereocenters. The SMILES string of the molecule is NS(=O)(=O)c1c(S(=O)(=O)NC2CCNC2)ccc(N2CCc3cccnc3C2)c1C(=[NH2+])[NH3+]. The van der Waals surface area contributed by atoms with Crippen LogP contribution in [0, 0.1) is 0 Å². The van der Waals surface area contributed by atoms with Crippen LogP contribution in [0.1, 0.15) is 23.2 Å². The smallest absolute Gasteiger partial charge is 0.364 e. The lowest BCUT2D eigenvalue weighted by atomic mass is 10.0. The lowest BCUT2D eigenvalue weighted by Crippen LogP contribution is -2.71. The average molecular weight is 482 g/mol. The summed E-state index contributed by atoms with van der Waals surface area (Å²) in [6, 6.07) is 6.34. The van der Waals surface area contributed by atoms with Crippen molar-refractivity contribution in [2.45, 2.75) is 35.2 Å². The lowest BCUT2D eigenvalue weighted by Gasteiger charge is -2.31. The van der Waals surface area contributed by atoms with Gasteiger partial charge in [-0.1, -0.05) is 6.07 Å². The van der Waals surface area contributed by atoms with Crippen LogP contribution < -0.4 is 31.2 Å². The van der Waals surface area contributed by atoms with Crippen molar-refractivity contribution in [2.75, 3.05) is 24.5 Å². The minimum Gasteiger partial charge on any atom is -0.364 e. The molecule has 32 heavy (non-hydrogen) atoms. The number of fused-ring (bicyclic) bond motifs is 1. The topological polar surface area (TPSA) is 188 Å². The minimum absolute atomic E-state index is 0.000645. The number of nitrogens with two attached hydrogens (primary N) is 2. The van der Waals surface area contributed by atoms with E-state index in [1.807, 2.05) is 17.0 Å². The summed E-state index contributed by atoms with van der Waals surface area (Å²) in [6.07, 6.45) is 2.99. The number of primary sulfonamides is 1. The van der Waals surface area contributed by atoms with Gasteiger partial charge in [-0.05, 0) is 43.1 Å². The Balaban J connectivity index is 1.84. The largest absolute Gasteiger partial charge is 0.366 e. The number of hydrogen-bond donors (Lipinski definition) is 5. The van der Waals surface area contributed by atoms with Gasteiger partial charge in [-0.3, -0.25) is 10.7 Å². The summed E-state index contributed by atoms with van der Waals surface area (Å²) in [5.74, 6) is -0.0876. The Kier molecular flexibility index (Phi) is 6.04. The molecule has 0 spiro atoms. The fraction of sp³-hybridized carbons (Fsp3) is 0.368. The molecule has 1 fully saturated rings. The number of amidine groups is 1. The Morgan fingerprint density at radius 1 is 1.28 bits per heavy atom. The van der Waals surface area contributed by atoms with Crippen LogP contribution in [0.25, 0.3) is 0 Å². The third kappa shape index (κ3) is 4.40. The monoisotopic (exact) mass is 481 g/mol. The number of hydrogen-bond acceptors (Lipinski definition) is 7. The molecule has 2 aliphatic rings. The number of nitrogens with one attached hydrogen (secondary N) is 2. The summed E-state index contributed by atoms with van der Waals surface area (Å²) in [5.41, 5.74) is 6.13. The molecule has 1 aromatic heterocycles. The standard InChI is InChI=1S/C19H25N7O4S2/c20-19(21)17-15(26-9-6-12-2-1-7-24-14(12)11-26)3-4-16(18(17)31(22,27)28)32(29,30)25-13-5-8-23-10-13/h1-4,7,13,23,25H,5-6,8-11H2,(H3,20,21)(H2,22,27,28)/p+2. The Labute approximate surface area is 186 Å². The third-order valence-corrected chi connectivity index (χ3v) is 8.38. The molecule has 0 saturated carbocycles. The van der Waals surface area contributed by atoms with E-state index >= 15 is 0 Å². The van der Waals surface area contributed by atoms with Gasteiger partial charge in [0.2, 0.25) is 20.0 Å². The second-order valence-corrected chi connectivity index (χ2v) is 11.1. The van der Waals surface area contributed by atoms with E-state index in [2.05, 4.69) is 20.8 Å². The molecule has 2 aromatic rings. The van der Waals surface area contributed by atoms with Gasteiger partial charge >= 0.3 is 5.84 Å². The van der Waals surface area contributed by atoms with Crippen molar-refractivity contribution >= 4 is 31.6 Å². The van der Waals surface area contributed by atoms with Crippen molar-refractivity contribution in [2.24, 2.45) is 5.14 Å². The average Bonchev–Trinajstić information content (AvgIpc) is 3.24. The van der Waals surface area contributed by atoms with Gasteiger partial charge in [0.15, 0.2) is 0 Å². The molecule has 0 bridgehead atoms. The predicted molar refractivity (Wildman–Crippen MR) is 117 cm³/mol. The summed E-state index contributed by atoms with van der Waals surface area (Å²) in [6.45, 7) is 2.11. The molecule has 0 aliphatic carbocycles. The van der Waals surface area contributed by atoms with Crippen molar-refractivity contribution in [3.63, 3.8) is 0 Å². The Morgan fingerprint density at radius 3 is 2.72 bits per heavy atom. The summed E-state index contributed by atoms with van der Waals surface area (Å²) in [4.78, 5) is 5.32. The molecule has 1 aromatic carbocycles. The fourth-order valence-electron chi connectivity index (χ4n) is 4.22. The zero-order chi connectivity index (χ0) is 23.1. The first-order valence-electron chi connectivity index (χ1n) is 10.1. The maximum atomic E-state index is 13.1. The van der Waals surface area contributed by atoms with Crippen molar-refractivity contribution in [3.8, 4) is 0 Å². The van der Waals surface area contributed by atoms with Crippen molar-refractivity contribution in [1.82, 2.24) is 15.0 Å². The third-order valence-electron chi connectivity index (χ3n) is 5.69. The molecule has 4 rings (SSSR count). The summed E-state index contributed by atoms with van der Waals surface area (Å²) >= 11 is 0. The number of nitrogens with zero attached hydrogens (tertiary/aromatic N) is 2. The van der Waals surface area contributed by atoms with Crippen LogP contribution in [-0.4, -0.2) is 53.3 Å². The second-order valence-electron chi connectivity index (χ2n) is 7.95. The van der Waals surface area contributed by atoms with Crippen LogP contribution in [0.2, 0.25) is 0 Å². The van der Waals surface area contributed by atoms with Gasteiger partial charge in [0.1, 0.15) is 15.4 Å². The highest BCUT2D eigenvalue weighted by molar-refractivity contribution is 7.92. The highest BCUT2D eigenvalue weighted by Crippen LogP contribution is 2.34. The molecule has 172 valence electrons. The van der Waals surface area contributed by atoms with E-state index in [1.165, 1.54) is 6.07 Å². The van der Waals surface area contributed by atoms with E-state index in [0.29, 0.717) is 44.7 Å². The molecule has 11 nitrogen and oxygen atoms in total. The maximum Gasteiger partial charge on any atom is 0.366 e. The van der Waals surface area contributed by atoms with E-state index < -0.39 is 29.8 Å². The van der Waals surface area contributed by atoms with E-state index in [-0.39, 0.29) is 17.4 Å². The first-order valence-corrected chi connectivity index (χ1v) is 13.2. The van der Waals surface area contributed by atoms with Crippen molar-refractivity contribution in [3.05, 3.63) is 47.3 Å². The zero-order valence-electron chi connectivity index (χ0n) is 17.4. The quantitative estimate of drug-likeness (QED) is 0.211. The molecular formula is C19H27N7O4S2+2.